The zero-order chi connectivity index (χ0) is 14.4. The van der Waals surface area contributed by atoms with Crippen molar-refractivity contribution in [2.75, 3.05) is 25.0 Å². The normalized spacial score (nSPS) is 15.8. The molecule has 0 aromatic carbocycles. The molecule has 1 aromatic heterocycles. The van der Waals surface area contributed by atoms with Crippen molar-refractivity contribution in [3.63, 3.8) is 0 Å². The molecule has 0 saturated carbocycles. The molecule has 1 aliphatic rings. The lowest BCUT2D eigenvalue weighted by atomic mass is 10.0. The van der Waals surface area contributed by atoms with Crippen LogP contribution in [-0.4, -0.2) is 46.4 Å². The fourth-order valence-corrected chi connectivity index (χ4v) is 2.48. The maximum absolute atomic E-state index is 12.5. The lowest BCUT2D eigenvalue weighted by molar-refractivity contribution is 0.172. The Bertz CT molecular complexity index is 450. The summed E-state index contributed by atoms with van der Waals surface area (Å²) in [6.45, 7) is 6.38. The minimum absolute atomic E-state index is 0.0493. The molecule has 2 rings (SSSR count). The monoisotopic (exact) mass is 277 g/mol. The van der Waals surface area contributed by atoms with Crippen LogP contribution in [0.25, 0.3) is 0 Å². The Morgan fingerprint density at radius 1 is 1.65 bits per heavy atom. The van der Waals surface area contributed by atoms with Gasteiger partial charge in [0.2, 0.25) is 0 Å². The van der Waals surface area contributed by atoms with Crippen LogP contribution in [0.4, 0.5) is 10.5 Å². The van der Waals surface area contributed by atoms with Gasteiger partial charge < -0.3 is 15.5 Å². The van der Waals surface area contributed by atoms with Gasteiger partial charge in [0.1, 0.15) is 0 Å². The number of anilines is 1. The molecule has 2 N–H and O–H groups in total. The average Bonchev–Trinajstić information content (AvgIpc) is 2.86. The molecule has 6 heteroatoms. The van der Waals surface area contributed by atoms with Crippen molar-refractivity contribution in [3.05, 3.63) is 25.0 Å². The van der Waals surface area contributed by atoms with Gasteiger partial charge in [-0.25, -0.2) is 4.79 Å². The first-order valence-electron chi connectivity index (χ1n) is 7.08. The Morgan fingerprint density at radius 2 is 2.40 bits per heavy atom. The summed E-state index contributed by atoms with van der Waals surface area (Å²) in [5.74, 6) is 0. The van der Waals surface area contributed by atoms with Crippen molar-refractivity contribution < 1.29 is 4.79 Å². The third kappa shape index (κ3) is 3.84. The highest BCUT2D eigenvalue weighted by Gasteiger charge is 2.24. The first kappa shape index (κ1) is 14.6. The molecule has 1 aromatic rings. The van der Waals surface area contributed by atoms with Gasteiger partial charge in [-0.05, 0) is 32.4 Å². The van der Waals surface area contributed by atoms with E-state index in [1.165, 1.54) is 0 Å². The first-order chi connectivity index (χ1) is 9.70. The predicted octanol–water partition coefficient (Wildman–Crippen LogP) is 1.58. The van der Waals surface area contributed by atoms with E-state index in [0.717, 1.165) is 38.0 Å². The molecule has 0 atom stereocenters. The van der Waals surface area contributed by atoms with E-state index in [0.29, 0.717) is 12.6 Å². The van der Waals surface area contributed by atoms with E-state index in [4.69, 9.17) is 0 Å². The summed E-state index contributed by atoms with van der Waals surface area (Å²) in [4.78, 5) is 14.4. The van der Waals surface area contributed by atoms with Crippen LogP contribution in [0.1, 0.15) is 19.3 Å². The second-order valence-corrected chi connectivity index (χ2v) is 5.08. The van der Waals surface area contributed by atoms with E-state index in [-0.39, 0.29) is 6.03 Å². The van der Waals surface area contributed by atoms with Gasteiger partial charge in [-0.2, -0.15) is 5.10 Å². The van der Waals surface area contributed by atoms with E-state index in [1.54, 1.807) is 17.1 Å². The molecule has 0 unspecified atom stereocenters. The number of piperidine rings is 1. The Balaban J connectivity index is 2.00. The van der Waals surface area contributed by atoms with Crippen molar-refractivity contribution in [1.29, 1.82) is 0 Å². The molecule has 6 nitrogen and oxygen atoms in total. The third-order valence-electron chi connectivity index (χ3n) is 3.54. The van der Waals surface area contributed by atoms with Gasteiger partial charge in [-0.15, -0.1) is 6.58 Å². The summed E-state index contributed by atoms with van der Waals surface area (Å²) in [6, 6.07) is 0.250. The molecule has 1 saturated heterocycles. The van der Waals surface area contributed by atoms with Crippen LogP contribution < -0.4 is 10.6 Å². The van der Waals surface area contributed by atoms with Crippen molar-refractivity contribution in [1.82, 2.24) is 20.0 Å². The van der Waals surface area contributed by atoms with E-state index in [1.807, 2.05) is 18.0 Å². The lowest BCUT2D eigenvalue weighted by Gasteiger charge is -2.34. The van der Waals surface area contributed by atoms with Crippen LogP contribution in [0.3, 0.4) is 0 Å². The van der Waals surface area contributed by atoms with E-state index < -0.39 is 0 Å². The molecule has 1 aliphatic heterocycles. The Morgan fingerprint density at radius 3 is 3.00 bits per heavy atom. The van der Waals surface area contributed by atoms with E-state index >= 15 is 0 Å². The number of hydrogen-bond acceptors (Lipinski definition) is 3. The molecule has 0 bridgehead atoms. The predicted molar refractivity (Wildman–Crippen MR) is 79.6 cm³/mol. The number of nitrogens with zero attached hydrogens (tertiary/aromatic N) is 3. The standard InChI is InChI=1S/C14H23N5O/c1-3-4-9-19(13-5-7-15-8-6-13)14(20)17-12-10-16-18(2)11-12/h3,10-11,13,15H,1,4-9H2,2H3,(H,17,20). The number of hydrogen-bond donors (Lipinski definition) is 2. The Labute approximate surface area is 119 Å². The fraction of sp³-hybridized carbons (Fsp3) is 0.571. The summed E-state index contributed by atoms with van der Waals surface area (Å²) < 4.78 is 1.67. The summed E-state index contributed by atoms with van der Waals surface area (Å²) >= 11 is 0. The van der Waals surface area contributed by atoms with E-state index in [9.17, 15) is 4.79 Å². The van der Waals surface area contributed by atoms with Gasteiger partial charge in [0.25, 0.3) is 0 Å². The molecule has 110 valence electrons. The van der Waals surface area contributed by atoms with Crippen LogP contribution in [0, 0.1) is 0 Å². The van der Waals surface area contributed by atoms with Crippen molar-refractivity contribution in [3.8, 4) is 0 Å². The second kappa shape index (κ2) is 7.09. The van der Waals surface area contributed by atoms with Crippen molar-refractivity contribution in [2.45, 2.75) is 25.3 Å². The summed E-state index contributed by atoms with van der Waals surface area (Å²) in [5, 5.41) is 10.3. The average molecular weight is 277 g/mol. The molecule has 1 fully saturated rings. The molecule has 2 amide bonds. The number of amides is 2. The first-order valence-corrected chi connectivity index (χ1v) is 7.08. The maximum Gasteiger partial charge on any atom is 0.322 e. The highest BCUT2D eigenvalue weighted by molar-refractivity contribution is 5.89. The van der Waals surface area contributed by atoms with Crippen LogP contribution in [0.2, 0.25) is 0 Å². The highest BCUT2D eigenvalue weighted by Crippen LogP contribution is 2.15. The minimum Gasteiger partial charge on any atom is -0.321 e. The summed E-state index contributed by atoms with van der Waals surface area (Å²) in [5.41, 5.74) is 0.732. The number of carbonyl (C=O) groups is 1. The number of aryl methyl sites for hydroxylation is 1. The zero-order valence-electron chi connectivity index (χ0n) is 12.0. The molecular formula is C14H23N5O. The quantitative estimate of drug-likeness (QED) is 0.803. The second-order valence-electron chi connectivity index (χ2n) is 5.08. The largest absolute Gasteiger partial charge is 0.322 e. The van der Waals surface area contributed by atoms with Crippen LogP contribution in [-0.2, 0) is 7.05 Å². The van der Waals surface area contributed by atoms with Gasteiger partial charge in [-0.1, -0.05) is 6.08 Å². The number of urea groups is 1. The molecule has 20 heavy (non-hydrogen) atoms. The van der Waals surface area contributed by atoms with Crippen molar-refractivity contribution >= 4 is 11.7 Å². The van der Waals surface area contributed by atoms with Gasteiger partial charge in [0.15, 0.2) is 0 Å². The Hall–Kier alpha value is -1.82. The van der Waals surface area contributed by atoms with Crippen molar-refractivity contribution in [2.24, 2.45) is 7.05 Å². The van der Waals surface area contributed by atoms with Gasteiger partial charge in [0.05, 0.1) is 11.9 Å². The molecular weight excluding hydrogens is 254 g/mol. The molecule has 2 heterocycles. The smallest absolute Gasteiger partial charge is 0.321 e. The Kier molecular flexibility index (Phi) is 5.17. The lowest BCUT2D eigenvalue weighted by Crippen LogP contribution is -2.48. The van der Waals surface area contributed by atoms with Crippen LogP contribution in [0.5, 0.6) is 0 Å². The number of carbonyl (C=O) groups excluding carboxylic acids is 1. The number of nitrogens with one attached hydrogen (secondary N) is 2. The fourth-order valence-electron chi connectivity index (χ4n) is 2.48. The zero-order valence-corrected chi connectivity index (χ0v) is 12.0. The molecule has 0 aliphatic carbocycles. The summed E-state index contributed by atoms with van der Waals surface area (Å²) in [6.07, 6.45) is 8.11. The molecule has 0 radical (unpaired) electrons. The highest BCUT2D eigenvalue weighted by atomic mass is 16.2. The van der Waals surface area contributed by atoms with Gasteiger partial charge in [-0.3, -0.25) is 4.68 Å². The topological polar surface area (TPSA) is 62.2 Å². The van der Waals surface area contributed by atoms with Gasteiger partial charge >= 0.3 is 6.03 Å². The van der Waals surface area contributed by atoms with Crippen LogP contribution >= 0.6 is 0 Å². The number of aromatic nitrogens is 2. The number of rotatable bonds is 5. The third-order valence-corrected chi connectivity index (χ3v) is 3.54. The van der Waals surface area contributed by atoms with Crippen LogP contribution in [0.15, 0.2) is 25.0 Å². The minimum atomic E-state index is -0.0493. The SMILES string of the molecule is C=CCCN(C(=O)Nc1cnn(C)c1)C1CCNCC1. The van der Waals surface area contributed by atoms with E-state index in [2.05, 4.69) is 22.3 Å². The molecule has 0 spiro atoms. The maximum atomic E-state index is 12.5. The summed E-state index contributed by atoms with van der Waals surface area (Å²) in [7, 11) is 1.83. The van der Waals surface area contributed by atoms with Gasteiger partial charge in [0, 0.05) is 25.8 Å².